The van der Waals surface area contributed by atoms with Crippen LogP contribution in [-0.2, 0) is 33.3 Å². The first-order valence-electron chi connectivity index (χ1n) is 13.6. The predicted molar refractivity (Wildman–Crippen MR) is 144 cm³/mol. The lowest BCUT2D eigenvalue weighted by atomic mass is 9.53. The molecule has 0 amide bonds. The Morgan fingerprint density at radius 1 is 0.921 bits per heavy atom. The fourth-order valence-corrected chi connectivity index (χ4v) is 4.26. The summed E-state index contributed by atoms with van der Waals surface area (Å²) in [6.07, 6.45) is 6.31. The molecule has 10 heteroatoms. The highest BCUT2D eigenvalue weighted by molar-refractivity contribution is 5.93. The minimum Gasteiger partial charge on any atom is -0.465 e. The average Bonchev–Trinajstić information content (AvgIpc) is 2.89. The van der Waals surface area contributed by atoms with Crippen molar-refractivity contribution in [2.24, 2.45) is 21.2 Å². The zero-order chi connectivity index (χ0) is 28.8. The number of hydrogen-bond acceptors (Lipinski definition) is 10. The van der Waals surface area contributed by atoms with E-state index in [0.29, 0.717) is 19.7 Å². The maximum absolute atomic E-state index is 13.6. The molecule has 0 aliphatic carbocycles. The number of unbranched alkanes of at least 4 members (excludes halogenated alkanes) is 3. The van der Waals surface area contributed by atoms with Crippen molar-refractivity contribution in [1.29, 1.82) is 0 Å². The summed E-state index contributed by atoms with van der Waals surface area (Å²) in [5.41, 5.74) is -3.85. The monoisotopic (exact) mass is 540 g/mol. The van der Waals surface area contributed by atoms with Crippen molar-refractivity contribution in [3.63, 3.8) is 0 Å². The van der Waals surface area contributed by atoms with E-state index in [1.807, 2.05) is 6.92 Å². The minimum atomic E-state index is -1.65. The highest BCUT2D eigenvalue weighted by Gasteiger charge is 2.65. The van der Waals surface area contributed by atoms with Gasteiger partial charge in [0.15, 0.2) is 0 Å². The number of aliphatic imine (C=N–C) groups is 1. The Morgan fingerprint density at radius 3 is 2.13 bits per heavy atom. The van der Waals surface area contributed by atoms with E-state index in [0.717, 1.165) is 25.0 Å². The molecule has 0 saturated heterocycles. The molecule has 0 radical (unpaired) electrons. The van der Waals surface area contributed by atoms with Crippen molar-refractivity contribution in [1.82, 2.24) is 5.32 Å². The first-order chi connectivity index (χ1) is 17.9. The third kappa shape index (κ3) is 8.80. The molecule has 2 N–H and O–H groups in total. The molecule has 1 rings (SSSR count). The van der Waals surface area contributed by atoms with Gasteiger partial charge in [0.1, 0.15) is 19.9 Å². The fraction of sp³-hybridized carbons (Fsp3) is 0.786. The number of allylic oxidation sites excluding steroid dienone is 1. The Hall–Kier alpha value is -2.46. The predicted octanol–water partition coefficient (Wildman–Crippen LogP) is 3.56. The number of hydrogen-bond donors (Lipinski definition) is 2. The average molecular weight is 541 g/mol. The van der Waals surface area contributed by atoms with E-state index in [1.165, 1.54) is 0 Å². The normalized spacial score (nSPS) is 16.1. The Morgan fingerprint density at radius 2 is 1.55 bits per heavy atom. The second-order valence-electron chi connectivity index (χ2n) is 10.7. The first kappa shape index (κ1) is 33.6. The van der Waals surface area contributed by atoms with E-state index >= 15 is 0 Å². The number of rotatable bonds is 18. The molecule has 0 spiro atoms. The summed E-state index contributed by atoms with van der Waals surface area (Å²) in [6.45, 7) is 12.7. The number of esters is 3. The zero-order valence-corrected chi connectivity index (χ0v) is 24.3. The second kappa shape index (κ2) is 15.8. The SMILES string of the molecule is CCCCCCOC(=O)C(C)(C(C)(C)C(=O)OCCOCC)C(C)(C)C(=O)OCC(O)CC1=CC=NCN1. The van der Waals surface area contributed by atoms with Crippen molar-refractivity contribution in [2.45, 2.75) is 86.7 Å². The summed E-state index contributed by atoms with van der Waals surface area (Å²) >= 11 is 0. The van der Waals surface area contributed by atoms with Crippen molar-refractivity contribution in [3.8, 4) is 0 Å². The summed E-state index contributed by atoms with van der Waals surface area (Å²) < 4.78 is 21.8. The molecule has 0 fully saturated rings. The summed E-state index contributed by atoms with van der Waals surface area (Å²) in [6, 6.07) is 0. The van der Waals surface area contributed by atoms with Crippen LogP contribution in [0.5, 0.6) is 0 Å². The number of nitrogens with one attached hydrogen (secondary N) is 1. The number of aliphatic hydroxyl groups excluding tert-OH is 1. The molecule has 218 valence electrons. The van der Waals surface area contributed by atoms with Crippen LogP contribution in [0.3, 0.4) is 0 Å². The van der Waals surface area contributed by atoms with Crippen molar-refractivity contribution < 1.29 is 38.4 Å². The van der Waals surface area contributed by atoms with Crippen LogP contribution in [0.15, 0.2) is 16.8 Å². The molecular formula is C28H48N2O8. The minimum absolute atomic E-state index is 0.0178. The van der Waals surface area contributed by atoms with E-state index in [9.17, 15) is 19.5 Å². The Bertz CT molecular complexity index is 837. The molecule has 1 heterocycles. The van der Waals surface area contributed by atoms with Crippen LogP contribution in [0.2, 0.25) is 0 Å². The molecule has 1 aliphatic rings. The number of ether oxygens (including phenoxy) is 4. The standard InChI is InChI=1S/C28H48N2O8/c1-8-10-11-12-15-36-25(34)28(7,26(3,4)23(32)37-17-16-35-9-2)27(5,6)24(33)38-19-22(31)18-21-13-14-29-20-30-21/h13-14,22,30-31H,8-12,15-20H2,1-7H3. The summed E-state index contributed by atoms with van der Waals surface area (Å²) in [5.74, 6) is -2.07. The third-order valence-corrected chi connectivity index (χ3v) is 7.47. The molecule has 38 heavy (non-hydrogen) atoms. The molecule has 0 aromatic carbocycles. The van der Waals surface area contributed by atoms with E-state index in [4.69, 9.17) is 18.9 Å². The lowest BCUT2D eigenvalue weighted by Crippen LogP contribution is -2.59. The molecule has 0 bridgehead atoms. The number of carbonyl (C=O) groups is 3. The van der Waals surface area contributed by atoms with E-state index in [-0.39, 0.29) is 32.8 Å². The topological polar surface area (TPSA) is 133 Å². The maximum atomic E-state index is 13.6. The summed E-state index contributed by atoms with van der Waals surface area (Å²) in [4.78, 5) is 44.3. The molecule has 0 aromatic rings. The van der Waals surface area contributed by atoms with Crippen LogP contribution < -0.4 is 5.32 Å². The highest BCUT2D eigenvalue weighted by Crippen LogP contribution is 2.54. The van der Waals surface area contributed by atoms with Crippen molar-refractivity contribution >= 4 is 24.1 Å². The van der Waals surface area contributed by atoms with Gasteiger partial charge in [0.25, 0.3) is 0 Å². The van der Waals surface area contributed by atoms with Gasteiger partial charge in [0.2, 0.25) is 0 Å². The Balaban J connectivity index is 3.09. The van der Waals surface area contributed by atoms with Crippen LogP contribution in [0.25, 0.3) is 0 Å². The number of carbonyl (C=O) groups excluding carboxylic acids is 3. The van der Waals surface area contributed by atoms with Gasteiger partial charge in [-0.05, 0) is 54.0 Å². The maximum Gasteiger partial charge on any atom is 0.314 e. The largest absolute Gasteiger partial charge is 0.465 e. The molecule has 0 aromatic heterocycles. The number of nitrogens with zero attached hydrogens (tertiary/aromatic N) is 1. The molecular weight excluding hydrogens is 492 g/mol. The molecule has 0 saturated carbocycles. The van der Waals surface area contributed by atoms with Gasteiger partial charge in [-0.1, -0.05) is 26.2 Å². The van der Waals surface area contributed by atoms with Gasteiger partial charge in [-0.15, -0.1) is 0 Å². The summed E-state index contributed by atoms with van der Waals surface area (Å²) in [7, 11) is 0. The van der Waals surface area contributed by atoms with Gasteiger partial charge < -0.3 is 29.4 Å². The Kier molecular flexibility index (Phi) is 14.0. The van der Waals surface area contributed by atoms with Crippen LogP contribution in [-0.4, -0.2) is 75.0 Å². The molecule has 2 unspecified atom stereocenters. The quantitative estimate of drug-likeness (QED) is 0.152. The van der Waals surface area contributed by atoms with Crippen LogP contribution in [0.4, 0.5) is 0 Å². The highest BCUT2D eigenvalue weighted by atomic mass is 16.6. The van der Waals surface area contributed by atoms with Crippen molar-refractivity contribution in [3.05, 3.63) is 11.8 Å². The fourth-order valence-electron chi connectivity index (χ4n) is 4.26. The lowest BCUT2D eigenvalue weighted by molar-refractivity contribution is -0.198. The van der Waals surface area contributed by atoms with Gasteiger partial charge in [-0.25, -0.2) is 0 Å². The molecule has 10 nitrogen and oxygen atoms in total. The first-order valence-corrected chi connectivity index (χ1v) is 13.6. The number of aliphatic hydroxyl groups is 1. The van der Waals surface area contributed by atoms with E-state index < -0.39 is 40.3 Å². The smallest absolute Gasteiger partial charge is 0.314 e. The van der Waals surface area contributed by atoms with Gasteiger partial charge in [0, 0.05) is 24.9 Å². The van der Waals surface area contributed by atoms with Crippen LogP contribution >= 0.6 is 0 Å². The van der Waals surface area contributed by atoms with E-state index in [2.05, 4.69) is 17.2 Å². The second-order valence-corrected chi connectivity index (χ2v) is 10.7. The van der Waals surface area contributed by atoms with E-state index in [1.54, 1.807) is 46.9 Å². The van der Waals surface area contributed by atoms with Crippen LogP contribution in [0.1, 0.15) is 80.6 Å². The van der Waals surface area contributed by atoms with Gasteiger partial charge in [-0.3, -0.25) is 19.4 Å². The van der Waals surface area contributed by atoms with Gasteiger partial charge in [-0.2, -0.15) is 0 Å². The molecule has 2 atom stereocenters. The van der Waals surface area contributed by atoms with Crippen molar-refractivity contribution in [2.75, 3.05) is 39.7 Å². The van der Waals surface area contributed by atoms with Crippen LogP contribution in [0, 0.1) is 16.2 Å². The summed E-state index contributed by atoms with van der Waals surface area (Å²) in [5, 5.41) is 13.5. The zero-order valence-electron chi connectivity index (χ0n) is 24.3. The lowest BCUT2D eigenvalue weighted by Gasteiger charge is -2.48. The molecule has 1 aliphatic heterocycles. The van der Waals surface area contributed by atoms with Gasteiger partial charge in [0.05, 0.1) is 35.6 Å². The third-order valence-electron chi connectivity index (χ3n) is 7.47. The Labute approximate surface area is 227 Å². The van der Waals surface area contributed by atoms with Gasteiger partial charge >= 0.3 is 17.9 Å².